The summed E-state index contributed by atoms with van der Waals surface area (Å²) in [5.41, 5.74) is 0.487. The van der Waals surface area contributed by atoms with Crippen molar-refractivity contribution in [2.45, 2.75) is 19.1 Å². The predicted molar refractivity (Wildman–Crippen MR) is 57.9 cm³/mol. The zero-order valence-electron chi connectivity index (χ0n) is 9.40. The summed E-state index contributed by atoms with van der Waals surface area (Å²) in [4.78, 5) is 0. The molecule has 1 aliphatic heterocycles. The highest BCUT2D eigenvalue weighted by molar-refractivity contribution is 5.51. The van der Waals surface area contributed by atoms with E-state index in [1.807, 2.05) is 0 Å². The molecule has 7 heteroatoms. The van der Waals surface area contributed by atoms with E-state index >= 15 is 0 Å². The van der Waals surface area contributed by atoms with Gasteiger partial charge in [0.25, 0.3) is 6.43 Å². The van der Waals surface area contributed by atoms with Gasteiger partial charge in [0.15, 0.2) is 11.5 Å². The van der Waals surface area contributed by atoms with Crippen molar-refractivity contribution >= 4 is 0 Å². The van der Waals surface area contributed by atoms with Crippen LogP contribution < -0.4 is 14.8 Å². The van der Waals surface area contributed by atoms with Gasteiger partial charge in [-0.25, -0.2) is 8.78 Å². The van der Waals surface area contributed by atoms with Crippen LogP contribution in [0, 0.1) is 0 Å². The number of alkyl halides is 2. The predicted octanol–water partition coefficient (Wildman–Crippen LogP) is 0.836. The summed E-state index contributed by atoms with van der Waals surface area (Å²) in [7, 11) is 0. The number of aromatic hydroxyl groups is 1. The fraction of sp³-hybridized carbons (Fsp3) is 0.455. The number of benzene rings is 1. The highest BCUT2D eigenvalue weighted by Gasteiger charge is 2.18. The molecule has 0 fully saturated rings. The van der Waals surface area contributed by atoms with Gasteiger partial charge in [-0.1, -0.05) is 0 Å². The molecule has 1 heterocycles. The number of phenols is 1. The van der Waals surface area contributed by atoms with E-state index in [0.717, 1.165) is 0 Å². The zero-order valence-corrected chi connectivity index (χ0v) is 9.40. The van der Waals surface area contributed by atoms with Gasteiger partial charge in [-0.15, -0.1) is 0 Å². The maximum Gasteiger partial charge on any atom is 0.265 e. The van der Waals surface area contributed by atoms with Gasteiger partial charge in [-0.2, -0.15) is 0 Å². The lowest BCUT2D eigenvalue weighted by Gasteiger charge is -2.11. The first-order valence-electron chi connectivity index (χ1n) is 5.36. The molecule has 5 nitrogen and oxygen atoms in total. The van der Waals surface area contributed by atoms with Crippen LogP contribution in [0.15, 0.2) is 12.1 Å². The molecule has 0 saturated carbocycles. The van der Waals surface area contributed by atoms with Crippen LogP contribution in [0.1, 0.15) is 5.56 Å². The number of nitrogens with one attached hydrogen (secondary N) is 1. The van der Waals surface area contributed by atoms with Crippen LogP contribution in [-0.2, 0) is 6.54 Å². The summed E-state index contributed by atoms with van der Waals surface area (Å²) in [6, 6.07) is 2.97. The van der Waals surface area contributed by atoms with Gasteiger partial charge in [0.05, 0.1) is 0 Å². The van der Waals surface area contributed by atoms with Crippen LogP contribution in [0.2, 0.25) is 0 Å². The quantitative estimate of drug-likeness (QED) is 0.732. The Labute approximate surface area is 102 Å². The van der Waals surface area contributed by atoms with Crippen LogP contribution in [0.5, 0.6) is 17.2 Å². The van der Waals surface area contributed by atoms with E-state index in [4.69, 9.17) is 14.6 Å². The SMILES string of the molecule is Oc1cc2c(cc1CNCC(O)C(F)F)OCO2. The third-order valence-corrected chi connectivity index (χ3v) is 2.53. The third kappa shape index (κ3) is 2.80. The summed E-state index contributed by atoms with van der Waals surface area (Å²) in [6.07, 6.45) is -4.51. The maximum absolute atomic E-state index is 12.0. The molecule has 0 aliphatic carbocycles. The van der Waals surface area contributed by atoms with Crippen molar-refractivity contribution in [1.82, 2.24) is 5.32 Å². The second-order valence-electron chi connectivity index (χ2n) is 3.87. The minimum Gasteiger partial charge on any atom is -0.507 e. The van der Waals surface area contributed by atoms with Crippen molar-refractivity contribution in [2.24, 2.45) is 0 Å². The van der Waals surface area contributed by atoms with Gasteiger partial charge in [0, 0.05) is 24.7 Å². The Morgan fingerprint density at radius 2 is 1.94 bits per heavy atom. The van der Waals surface area contributed by atoms with E-state index < -0.39 is 12.5 Å². The summed E-state index contributed by atoms with van der Waals surface area (Å²) >= 11 is 0. The lowest BCUT2D eigenvalue weighted by molar-refractivity contribution is -0.00342. The monoisotopic (exact) mass is 261 g/mol. The second kappa shape index (κ2) is 5.36. The lowest BCUT2D eigenvalue weighted by atomic mass is 10.1. The Kier molecular flexibility index (Phi) is 3.83. The Morgan fingerprint density at radius 1 is 1.28 bits per heavy atom. The molecule has 1 aliphatic rings. The average Bonchev–Trinajstić information content (AvgIpc) is 2.75. The van der Waals surface area contributed by atoms with Gasteiger partial charge < -0.3 is 25.0 Å². The van der Waals surface area contributed by atoms with Crippen molar-refractivity contribution < 1.29 is 28.5 Å². The number of aliphatic hydroxyl groups is 1. The molecule has 0 aromatic heterocycles. The first kappa shape index (κ1) is 12.8. The van der Waals surface area contributed by atoms with Crippen molar-refractivity contribution in [3.8, 4) is 17.2 Å². The topological polar surface area (TPSA) is 71.0 Å². The van der Waals surface area contributed by atoms with Crippen molar-refractivity contribution in [1.29, 1.82) is 0 Å². The molecule has 0 bridgehead atoms. The van der Waals surface area contributed by atoms with Crippen LogP contribution in [0.3, 0.4) is 0 Å². The van der Waals surface area contributed by atoms with Crippen LogP contribution in [0.25, 0.3) is 0 Å². The molecule has 0 spiro atoms. The largest absolute Gasteiger partial charge is 0.507 e. The highest BCUT2D eigenvalue weighted by atomic mass is 19.3. The summed E-state index contributed by atoms with van der Waals surface area (Å²) in [5.74, 6) is 0.932. The van der Waals surface area contributed by atoms with Gasteiger partial charge in [0.2, 0.25) is 6.79 Å². The molecule has 1 atom stereocenters. The van der Waals surface area contributed by atoms with Crippen molar-refractivity contribution in [3.63, 3.8) is 0 Å². The number of halogens is 2. The van der Waals surface area contributed by atoms with Crippen LogP contribution >= 0.6 is 0 Å². The minimum absolute atomic E-state index is 0.0155. The Bertz CT molecular complexity index is 428. The standard InChI is InChI=1S/C11H13F2NO4/c12-11(13)8(16)4-14-3-6-1-9-10(2-7(6)15)18-5-17-9/h1-2,8,11,14-16H,3-5H2. The smallest absolute Gasteiger partial charge is 0.265 e. The first-order valence-corrected chi connectivity index (χ1v) is 5.36. The normalized spacial score (nSPS) is 15.1. The number of fused-ring (bicyclic) bond motifs is 1. The van der Waals surface area contributed by atoms with Gasteiger partial charge in [-0.3, -0.25) is 0 Å². The molecule has 0 amide bonds. The summed E-state index contributed by atoms with van der Waals surface area (Å²) < 4.78 is 34.3. The maximum atomic E-state index is 12.0. The molecule has 1 aromatic carbocycles. The number of aliphatic hydroxyl groups excluding tert-OH is 1. The molecule has 1 unspecified atom stereocenters. The molecule has 1 aromatic rings. The van der Waals surface area contributed by atoms with Crippen LogP contribution in [-0.4, -0.2) is 36.1 Å². The average molecular weight is 261 g/mol. The first-order chi connectivity index (χ1) is 8.58. The number of ether oxygens (including phenoxy) is 2. The molecular formula is C11H13F2NO4. The fourth-order valence-electron chi connectivity index (χ4n) is 1.56. The minimum atomic E-state index is -2.79. The second-order valence-corrected chi connectivity index (χ2v) is 3.87. The Hall–Kier alpha value is -1.60. The number of rotatable bonds is 5. The number of hydrogen-bond donors (Lipinski definition) is 3. The molecule has 3 N–H and O–H groups in total. The van der Waals surface area contributed by atoms with E-state index in [9.17, 15) is 13.9 Å². The Balaban J connectivity index is 1.94. The lowest BCUT2D eigenvalue weighted by Crippen LogP contribution is -2.31. The molecule has 100 valence electrons. The zero-order chi connectivity index (χ0) is 13.1. The van der Waals surface area contributed by atoms with Crippen molar-refractivity contribution in [2.75, 3.05) is 13.3 Å². The number of phenolic OH excluding ortho intramolecular Hbond substituents is 1. The van der Waals surface area contributed by atoms with Crippen molar-refractivity contribution in [3.05, 3.63) is 17.7 Å². The molecule has 0 radical (unpaired) electrons. The van der Waals surface area contributed by atoms with Crippen LogP contribution in [0.4, 0.5) is 8.78 Å². The molecular weight excluding hydrogens is 248 g/mol. The number of hydrogen-bond acceptors (Lipinski definition) is 5. The van der Waals surface area contributed by atoms with E-state index in [2.05, 4.69) is 5.32 Å². The van der Waals surface area contributed by atoms with E-state index in [1.165, 1.54) is 6.07 Å². The summed E-state index contributed by atoms with van der Waals surface area (Å²) in [5, 5.41) is 21.2. The molecule has 18 heavy (non-hydrogen) atoms. The van der Waals surface area contributed by atoms with E-state index in [0.29, 0.717) is 17.1 Å². The highest BCUT2D eigenvalue weighted by Crippen LogP contribution is 2.37. The van der Waals surface area contributed by atoms with Gasteiger partial charge in [0.1, 0.15) is 11.9 Å². The summed E-state index contributed by atoms with van der Waals surface area (Å²) in [6.45, 7) is -0.0203. The fourth-order valence-corrected chi connectivity index (χ4v) is 1.56. The van der Waals surface area contributed by atoms with E-state index in [-0.39, 0.29) is 25.6 Å². The molecule has 2 rings (SSSR count). The van der Waals surface area contributed by atoms with Gasteiger partial charge in [-0.05, 0) is 6.07 Å². The molecule has 0 saturated heterocycles. The van der Waals surface area contributed by atoms with E-state index in [1.54, 1.807) is 6.07 Å². The third-order valence-electron chi connectivity index (χ3n) is 2.53. The Morgan fingerprint density at radius 3 is 2.61 bits per heavy atom. The van der Waals surface area contributed by atoms with Gasteiger partial charge >= 0.3 is 0 Å².